The molecule has 1 heterocycles. The van der Waals surface area contributed by atoms with Gasteiger partial charge in [0.05, 0.1) is 13.2 Å². The molecule has 1 aliphatic heterocycles. The van der Waals surface area contributed by atoms with Crippen LogP contribution in [0.2, 0.25) is 0 Å². The van der Waals surface area contributed by atoms with Gasteiger partial charge < -0.3 is 10.1 Å². The van der Waals surface area contributed by atoms with E-state index >= 15 is 0 Å². The summed E-state index contributed by atoms with van der Waals surface area (Å²) in [6.07, 6.45) is 7.12. The van der Waals surface area contributed by atoms with Gasteiger partial charge in [0.1, 0.15) is 0 Å². The number of nitrogens with one attached hydrogen (secondary N) is 1. The summed E-state index contributed by atoms with van der Waals surface area (Å²) in [5.74, 6) is 0.877. The zero-order valence-electron chi connectivity index (χ0n) is 12.4. The lowest BCUT2D eigenvalue weighted by Gasteiger charge is -2.45. The highest BCUT2D eigenvalue weighted by Crippen LogP contribution is 2.28. The number of likely N-dealkylation sites (N-methyl/N-ethyl adjacent to an activating group) is 1. The first-order valence-electron chi connectivity index (χ1n) is 7.63. The Morgan fingerprint density at radius 1 is 1.28 bits per heavy atom. The molecule has 18 heavy (non-hydrogen) atoms. The van der Waals surface area contributed by atoms with Crippen molar-refractivity contribution in [1.29, 1.82) is 0 Å². The lowest BCUT2D eigenvalue weighted by molar-refractivity contribution is -0.0572. The summed E-state index contributed by atoms with van der Waals surface area (Å²) in [4.78, 5) is 2.62. The third-order valence-electron chi connectivity index (χ3n) is 4.82. The standard InChI is InChI=1S/C15H30N2O/c1-15(2)12-18-10-9-17(15)11-14(16-3)13-7-5-4-6-8-13/h13-14,16H,4-12H2,1-3H3. The molecule has 1 N–H and O–H groups in total. The maximum absolute atomic E-state index is 5.61. The Morgan fingerprint density at radius 2 is 2.00 bits per heavy atom. The normalized spacial score (nSPS) is 28.2. The van der Waals surface area contributed by atoms with Crippen molar-refractivity contribution in [2.45, 2.75) is 57.5 Å². The highest BCUT2D eigenvalue weighted by Gasteiger charge is 2.33. The van der Waals surface area contributed by atoms with Crippen LogP contribution in [0, 0.1) is 5.92 Å². The molecule has 2 rings (SSSR count). The summed E-state index contributed by atoms with van der Waals surface area (Å²) in [5.41, 5.74) is 0.196. The van der Waals surface area contributed by atoms with E-state index in [0.717, 1.165) is 25.7 Å². The maximum atomic E-state index is 5.61. The van der Waals surface area contributed by atoms with Crippen LogP contribution < -0.4 is 5.32 Å². The summed E-state index contributed by atoms with van der Waals surface area (Å²) in [6, 6.07) is 0.655. The minimum Gasteiger partial charge on any atom is -0.378 e. The molecule has 0 aromatic heterocycles. The van der Waals surface area contributed by atoms with Gasteiger partial charge in [-0.15, -0.1) is 0 Å². The van der Waals surface area contributed by atoms with Crippen LogP contribution >= 0.6 is 0 Å². The van der Waals surface area contributed by atoms with Gasteiger partial charge in [-0.2, -0.15) is 0 Å². The molecule has 3 heteroatoms. The Hall–Kier alpha value is -0.120. The molecule has 0 bridgehead atoms. The molecule has 0 aromatic carbocycles. The molecule has 0 amide bonds. The number of nitrogens with zero attached hydrogens (tertiary/aromatic N) is 1. The Bertz CT molecular complexity index is 249. The van der Waals surface area contributed by atoms with E-state index in [1.165, 1.54) is 38.6 Å². The second kappa shape index (κ2) is 6.36. The quantitative estimate of drug-likeness (QED) is 0.833. The molecular formula is C15H30N2O. The summed E-state index contributed by atoms with van der Waals surface area (Å²) in [5, 5.41) is 3.57. The van der Waals surface area contributed by atoms with Crippen LogP contribution in [0.5, 0.6) is 0 Å². The Balaban J connectivity index is 1.92. The van der Waals surface area contributed by atoms with Gasteiger partial charge in [-0.05, 0) is 39.7 Å². The number of ether oxygens (including phenoxy) is 1. The van der Waals surface area contributed by atoms with E-state index in [1.54, 1.807) is 0 Å². The fourth-order valence-electron chi connectivity index (χ4n) is 3.48. The van der Waals surface area contributed by atoms with Gasteiger partial charge in [-0.3, -0.25) is 4.90 Å². The Morgan fingerprint density at radius 3 is 2.61 bits per heavy atom. The van der Waals surface area contributed by atoms with E-state index in [4.69, 9.17) is 4.74 Å². The van der Waals surface area contributed by atoms with Gasteiger partial charge in [-0.25, -0.2) is 0 Å². The fraction of sp³-hybridized carbons (Fsp3) is 1.00. The first-order chi connectivity index (χ1) is 8.63. The molecule has 3 nitrogen and oxygen atoms in total. The van der Waals surface area contributed by atoms with Crippen molar-refractivity contribution >= 4 is 0 Å². The average Bonchev–Trinajstić information content (AvgIpc) is 2.38. The topological polar surface area (TPSA) is 24.5 Å². The molecule has 1 unspecified atom stereocenters. The number of morpholine rings is 1. The van der Waals surface area contributed by atoms with Crippen LogP contribution in [0.1, 0.15) is 46.0 Å². The SMILES string of the molecule is CNC(CN1CCOCC1(C)C)C1CCCCC1. The molecule has 1 saturated carbocycles. The van der Waals surface area contributed by atoms with Crippen molar-refractivity contribution < 1.29 is 4.74 Å². The summed E-state index contributed by atoms with van der Waals surface area (Å²) in [7, 11) is 2.13. The van der Waals surface area contributed by atoms with Crippen molar-refractivity contribution in [3.63, 3.8) is 0 Å². The summed E-state index contributed by atoms with van der Waals surface area (Å²) in [6.45, 7) is 8.63. The molecule has 2 aliphatic rings. The first kappa shape index (κ1) is 14.3. The smallest absolute Gasteiger partial charge is 0.0645 e. The van der Waals surface area contributed by atoms with Gasteiger partial charge in [0, 0.05) is 24.7 Å². The zero-order chi connectivity index (χ0) is 13.0. The van der Waals surface area contributed by atoms with E-state index < -0.39 is 0 Å². The lowest BCUT2D eigenvalue weighted by atomic mass is 9.83. The zero-order valence-corrected chi connectivity index (χ0v) is 12.4. The fourth-order valence-corrected chi connectivity index (χ4v) is 3.48. The molecular weight excluding hydrogens is 224 g/mol. The van der Waals surface area contributed by atoms with Crippen LogP contribution in [0.4, 0.5) is 0 Å². The van der Waals surface area contributed by atoms with Gasteiger partial charge in [0.25, 0.3) is 0 Å². The number of rotatable bonds is 4. The molecule has 0 radical (unpaired) electrons. The largest absolute Gasteiger partial charge is 0.378 e. The predicted molar refractivity (Wildman–Crippen MR) is 75.9 cm³/mol. The van der Waals surface area contributed by atoms with E-state index in [9.17, 15) is 0 Å². The number of hydrogen-bond acceptors (Lipinski definition) is 3. The van der Waals surface area contributed by atoms with Crippen LogP contribution in [0.3, 0.4) is 0 Å². The van der Waals surface area contributed by atoms with Gasteiger partial charge in [-0.1, -0.05) is 19.3 Å². The average molecular weight is 254 g/mol. The minimum atomic E-state index is 0.196. The Kier molecular flexibility index (Phi) is 5.05. The van der Waals surface area contributed by atoms with Crippen LogP contribution in [-0.2, 0) is 4.74 Å². The van der Waals surface area contributed by atoms with Gasteiger partial charge >= 0.3 is 0 Å². The van der Waals surface area contributed by atoms with Crippen LogP contribution in [-0.4, -0.2) is 49.8 Å². The monoisotopic (exact) mass is 254 g/mol. The Labute approximate surface area is 112 Å². The molecule has 0 spiro atoms. The second-order valence-corrected chi connectivity index (χ2v) is 6.60. The van der Waals surface area contributed by atoms with E-state index in [-0.39, 0.29) is 5.54 Å². The van der Waals surface area contributed by atoms with Crippen LogP contribution in [0.25, 0.3) is 0 Å². The van der Waals surface area contributed by atoms with E-state index in [0.29, 0.717) is 6.04 Å². The molecule has 2 fully saturated rings. The van der Waals surface area contributed by atoms with Crippen molar-refractivity contribution in [3.05, 3.63) is 0 Å². The maximum Gasteiger partial charge on any atom is 0.0645 e. The van der Waals surface area contributed by atoms with Gasteiger partial charge in [0.2, 0.25) is 0 Å². The van der Waals surface area contributed by atoms with Crippen molar-refractivity contribution in [3.8, 4) is 0 Å². The van der Waals surface area contributed by atoms with E-state index in [2.05, 4.69) is 31.1 Å². The third-order valence-corrected chi connectivity index (χ3v) is 4.82. The van der Waals surface area contributed by atoms with Crippen molar-refractivity contribution in [1.82, 2.24) is 10.2 Å². The lowest BCUT2D eigenvalue weighted by Crippen LogP contribution is -2.57. The molecule has 1 aliphatic carbocycles. The molecule has 0 aromatic rings. The predicted octanol–water partition coefficient (Wildman–Crippen LogP) is 2.27. The van der Waals surface area contributed by atoms with E-state index in [1.807, 2.05) is 0 Å². The van der Waals surface area contributed by atoms with Crippen LogP contribution in [0.15, 0.2) is 0 Å². The molecule has 106 valence electrons. The first-order valence-corrected chi connectivity index (χ1v) is 7.63. The second-order valence-electron chi connectivity index (χ2n) is 6.60. The highest BCUT2D eigenvalue weighted by atomic mass is 16.5. The molecule has 1 atom stereocenters. The molecule has 1 saturated heterocycles. The van der Waals surface area contributed by atoms with Gasteiger partial charge in [0.15, 0.2) is 0 Å². The van der Waals surface area contributed by atoms with Crippen molar-refractivity contribution in [2.24, 2.45) is 5.92 Å². The highest BCUT2D eigenvalue weighted by molar-refractivity contribution is 4.89. The number of hydrogen-bond donors (Lipinski definition) is 1. The minimum absolute atomic E-state index is 0.196. The summed E-state index contributed by atoms with van der Waals surface area (Å²) < 4.78 is 5.61. The van der Waals surface area contributed by atoms with Crippen molar-refractivity contribution in [2.75, 3.05) is 33.4 Å². The third kappa shape index (κ3) is 3.46. The summed E-state index contributed by atoms with van der Waals surface area (Å²) >= 11 is 0.